The number of amides is 4. The molecule has 0 aromatic heterocycles. The summed E-state index contributed by atoms with van der Waals surface area (Å²) in [6.45, 7) is 1.27. The maximum Gasteiger partial charge on any atom is 0.408 e. The predicted molar refractivity (Wildman–Crippen MR) is 297 cm³/mol. The molecule has 2 saturated carbocycles. The molecule has 2 fully saturated rings. The minimum atomic E-state index is -1.05. The van der Waals surface area contributed by atoms with Crippen LogP contribution in [-0.4, -0.2) is 83.6 Å². The highest BCUT2D eigenvalue weighted by atomic mass is 79.9. The SMILES string of the molecule is CN(Cc1cc(Br)cc(Br)c1NC(=O)[C@H](CSSC[C@H](NC(=O)OCc1ccccc1)C(=O)Nc1c(Br)cc(Br)cc1CN(C)C1CCCCC1)NC(=O)OCc1ccccc1)C1CCCCC1.Cl. The van der Waals surface area contributed by atoms with Crippen LogP contribution in [-0.2, 0) is 45.4 Å². The lowest BCUT2D eigenvalue weighted by Gasteiger charge is -2.32. The van der Waals surface area contributed by atoms with Gasteiger partial charge in [-0.3, -0.25) is 19.4 Å². The Labute approximate surface area is 454 Å². The highest BCUT2D eigenvalue weighted by Crippen LogP contribution is 2.36. The number of halogens is 5. The number of rotatable bonds is 21. The van der Waals surface area contributed by atoms with Gasteiger partial charge in [0.1, 0.15) is 25.3 Å². The molecule has 19 heteroatoms. The molecule has 4 aromatic rings. The average molecular weight is 1260 g/mol. The molecule has 2 aliphatic carbocycles. The lowest BCUT2D eigenvalue weighted by atomic mass is 9.94. The van der Waals surface area contributed by atoms with Gasteiger partial charge in [-0.05, 0) is 118 Å². The van der Waals surface area contributed by atoms with Crippen molar-refractivity contribution >= 4 is 133 Å². The fraction of sp³-hybridized carbons (Fsp3) is 0.440. The molecule has 4 aromatic carbocycles. The molecule has 0 saturated heterocycles. The van der Waals surface area contributed by atoms with Crippen LogP contribution in [0.15, 0.2) is 103 Å². The smallest absolute Gasteiger partial charge is 0.408 e. The van der Waals surface area contributed by atoms with E-state index in [9.17, 15) is 19.2 Å². The normalized spacial score (nSPS) is 15.1. The third-order valence-corrected chi connectivity index (χ3v) is 16.8. The maximum absolute atomic E-state index is 14.3. The quantitative estimate of drug-likeness (QED) is 0.0471. The largest absolute Gasteiger partial charge is 0.445 e. The minimum Gasteiger partial charge on any atom is -0.445 e. The van der Waals surface area contributed by atoms with Gasteiger partial charge in [0, 0.05) is 54.6 Å². The fourth-order valence-electron chi connectivity index (χ4n) is 8.46. The van der Waals surface area contributed by atoms with Gasteiger partial charge in [-0.15, -0.1) is 12.4 Å². The van der Waals surface area contributed by atoms with Crippen LogP contribution in [0.1, 0.15) is 86.5 Å². The van der Waals surface area contributed by atoms with E-state index in [1.54, 1.807) is 0 Å². The molecule has 0 heterocycles. The van der Waals surface area contributed by atoms with Crippen LogP contribution in [0, 0.1) is 0 Å². The van der Waals surface area contributed by atoms with Gasteiger partial charge in [0.05, 0.1) is 11.4 Å². The summed E-state index contributed by atoms with van der Waals surface area (Å²) in [7, 11) is 6.81. The Morgan fingerprint density at radius 2 is 0.942 bits per heavy atom. The first-order chi connectivity index (χ1) is 32.8. The van der Waals surface area contributed by atoms with E-state index >= 15 is 0 Å². The number of carbonyl (C=O) groups excluding carboxylic acids is 4. The number of anilines is 2. The monoisotopic (exact) mass is 1260 g/mol. The molecule has 4 N–H and O–H groups in total. The zero-order valence-electron chi connectivity index (χ0n) is 38.8. The summed E-state index contributed by atoms with van der Waals surface area (Å²) in [6.07, 6.45) is 10.3. The molecule has 2 atom stereocenters. The van der Waals surface area contributed by atoms with Crippen molar-refractivity contribution in [3.63, 3.8) is 0 Å². The molecule has 69 heavy (non-hydrogen) atoms. The minimum absolute atomic E-state index is 0. The molecule has 2 aliphatic rings. The molecule has 6 rings (SSSR count). The Morgan fingerprint density at radius 1 is 0.580 bits per heavy atom. The molecular formula is C50H61Br4ClN6O6S2. The Morgan fingerprint density at radius 3 is 1.30 bits per heavy atom. The van der Waals surface area contributed by atoms with Gasteiger partial charge in [0.15, 0.2) is 0 Å². The molecule has 4 amide bonds. The van der Waals surface area contributed by atoms with Crippen LogP contribution >= 0.6 is 97.7 Å². The summed E-state index contributed by atoms with van der Waals surface area (Å²) in [4.78, 5) is 60.0. The topological polar surface area (TPSA) is 141 Å². The van der Waals surface area contributed by atoms with Crippen molar-refractivity contribution in [3.8, 4) is 0 Å². The first-order valence-corrected chi connectivity index (χ1v) is 28.7. The standard InChI is InChI=1S/C50H60Br4N6O6S2.ClH/c1-59(39-19-11-5-12-20-39)27-35-23-37(51)25-41(53)45(35)57-47(61)43(55-49(63)65-29-33-15-7-3-8-16-33)31-67-68-32-44(56-50(64)66-30-34-17-9-4-10-18-34)48(62)58-46-36(24-38(52)26-42(46)54)28-60(2)40-21-13-6-14-22-40;/h3-4,7-10,15-18,23-26,39-40,43-44H,5-6,11-14,19-22,27-32H2,1-2H3,(H,55,63)(H,56,64)(H,57,61)(H,58,62);1H/t43-,44-;/m0./s1. The maximum atomic E-state index is 14.3. The second kappa shape index (κ2) is 29.6. The summed E-state index contributed by atoms with van der Waals surface area (Å²) in [5.41, 5.74) is 4.66. The summed E-state index contributed by atoms with van der Waals surface area (Å²) in [5, 5.41) is 11.8. The highest BCUT2D eigenvalue weighted by Gasteiger charge is 2.29. The van der Waals surface area contributed by atoms with Crippen molar-refractivity contribution in [2.24, 2.45) is 0 Å². The van der Waals surface area contributed by atoms with E-state index in [0.717, 1.165) is 56.9 Å². The van der Waals surface area contributed by atoms with Gasteiger partial charge in [-0.2, -0.15) is 0 Å². The molecule has 12 nitrogen and oxygen atoms in total. The van der Waals surface area contributed by atoms with Gasteiger partial charge in [0.2, 0.25) is 11.8 Å². The third-order valence-electron chi connectivity index (χ3n) is 12.2. The van der Waals surface area contributed by atoms with Gasteiger partial charge in [0.25, 0.3) is 0 Å². The van der Waals surface area contributed by atoms with Crippen LogP contribution in [0.25, 0.3) is 0 Å². The molecule has 0 radical (unpaired) electrons. The second-order valence-electron chi connectivity index (χ2n) is 17.3. The van der Waals surface area contributed by atoms with Crippen LogP contribution in [0.2, 0.25) is 0 Å². The van der Waals surface area contributed by atoms with Crippen molar-refractivity contribution in [1.29, 1.82) is 0 Å². The fourth-order valence-corrected chi connectivity index (χ4v) is 13.6. The molecule has 374 valence electrons. The molecular weight excluding hydrogens is 1200 g/mol. The van der Waals surface area contributed by atoms with Gasteiger partial charge < -0.3 is 30.7 Å². The number of hydrogen-bond donors (Lipinski definition) is 4. The Bertz CT molecular complexity index is 2140. The van der Waals surface area contributed by atoms with Crippen molar-refractivity contribution in [3.05, 3.63) is 125 Å². The zero-order valence-corrected chi connectivity index (χ0v) is 47.6. The zero-order chi connectivity index (χ0) is 48.4. The Kier molecular flexibility index (Phi) is 24.5. The Hall–Kier alpha value is -2.81. The summed E-state index contributed by atoms with van der Waals surface area (Å²) in [6, 6.07) is 25.2. The third kappa shape index (κ3) is 18.6. The average Bonchev–Trinajstić information content (AvgIpc) is 3.33. The first kappa shape index (κ1) is 57.1. The van der Waals surface area contributed by atoms with Crippen molar-refractivity contribution in [1.82, 2.24) is 20.4 Å². The second-order valence-corrected chi connectivity index (χ2v) is 23.4. The number of ether oxygens (including phenoxy) is 2. The van der Waals surface area contributed by atoms with Crippen LogP contribution in [0.5, 0.6) is 0 Å². The number of carbonyl (C=O) groups is 4. The number of nitrogens with one attached hydrogen (secondary N) is 4. The first-order valence-electron chi connectivity index (χ1n) is 23.0. The van der Waals surface area contributed by atoms with Crippen molar-refractivity contribution in [2.75, 3.05) is 36.2 Å². The van der Waals surface area contributed by atoms with Gasteiger partial charge in [-0.1, -0.05) is 153 Å². The van der Waals surface area contributed by atoms with Crippen LogP contribution < -0.4 is 21.3 Å². The van der Waals surface area contributed by atoms with Gasteiger partial charge >= 0.3 is 12.2 Å². The summed E-state index contributed by atoms with van der Waals surface area (Å²) >= 11 is 14.7. The highest BCUT2D eigenvalue weighted by molar-refractivity contribution is 9.11. The van der Waals surface area contributed by atoms with Gasteiger partial charge in [-0.25, -0.2) is 9.59 Å². The number of hydrogen-bond acceptors (Lipinski definition) is 10. The number of alkyl carbamates (subject to hydrolysis) is 2. The molecule has 0 aliphatic heterocycles. The van der Waals surface area contributed by atoms with E-state index in [4.69, 9.17) is 9.47 Å². The lowest BCUT2D eigenvalue weighted by Crippen LogP contribution is -2.46. The molecule has 0 bridgehead atoms. The Balaban J connectivity index is 0.00000888. The van der Waals surface area contributed by atoms with Crippen molar-refractivity contribution in [2.45, 2.75) is 115 Å². The molecule has 0 spiro atoms. The molecule has 0 unspecified atom stereocenters. The predicted octanol–water partition coefficient (Wildman–Crippen LogP) is 13.2. The van der Waals surface area contributed by atoms with E-state index in [-0.39, 0.29) is 37.1 Å². The van der Waals surface area contributed by atoms with Crippen LogP contribution in [0.3, 0.4) is 0 Å². The summed E-state index contributed by atoms with van der Waals surface area (Å²) < 4.78 is 14.3. The lowest BCUT2D eigenvalue weighted by molar-refractivity contribution is -0.118. The number of benzene rings is 4. The van der Waals surface area contributed by atoms with E-state index in [1.807, 2.05) is 84.9 Å². The van der Waals surface area contributed by atoms with E-state index < -0.39 is 36.1 Å². The number of nitrogens with zero attached hydrogens (tertiary/aromatic N) is 2. The van der Waals surface area contributed by atoms with E-state index in [0.29, 0.717) is 45.5 Å². The summed E-state index contributed by atoms with van der Waals surface area (Å²) in [5.74, 6) is -0.680. The van der Waals surface area contributed by atoms with E-state index in [1.165, 1.54) is 60.1 Å². The van der Waals surface area contributed by atoms with Crippen molar-refractivity contribution < 1.29 is 28.7 Å². The van der Waals surface area contributed by atoms with Crippen LogP contribution in [0.4, 0.5) is 21.0 Å². The van der Waals surface area contributed by atoms with E-state index in [2.05, 4.69) is 109 Å².